The van der Waals surface area contributed by atoms with Crippen LogP contribution in [0.3, 0.4) is 0 Å². The first-order valence-electron chi connectivity index (χ1n) is 12.6. The molecule has 4 rings (SSSR count). The van der Waals surface area contributed by atoms with Gasteiger partial charge in [0.2, 0.25) is 0 Å². The van der Waals surface area contributed by atoms with Crippen LogP contribution in [0.4, 0.5) is 5.69 Å². The zero-order valence-electron chi connectivity index (χ0n) is 22.0. The number of nitrogens with one attached hydrogen (secondary N) is 1. The van der Waals surface area contributed by atoms with Crippen LogP contribution in [0.25, 0.3) is 0 Å². The van der Waals surface area contributed by atoms with E-state index in [9.17, 15) is 13.2 Å². The van der Waals surface area contributed by atoms with Crippen molar-refractivity contribution in [2.45, 2.75) is 18.4 Å². The monoisotopic (exact) mass is 655 g/mol. The fourth-order valence-electron chi connectivity index (χ4n) is 3.79. The summed E-state index contributed by atoms with van der Waals surface area (Å²) in [5, 5.41) is 4.66. The zero-order chi connectivity index (χ0) is 29.2. The summed E-state index contributed by atoms with van der Waals surface area (Å²) >= 11 is 9.42. The van der Waals surface area contributed by atoms with Crippen LogP contribution in [0.15, 0.2) is 112 Å². The smallest absolute Gasteiger partial charge is 0.264 e. The molecule has 0 saturated carbocycles. The number of benzene rings is 4. The standard InChI is InChI=1S/C30H27BrClN3O5S/c1-2-39-29-17-22(14-15-28(29)40-21-23-8-6-10-25(32)16-23)19-33-34-30(36)20-35(26-11-7-9-24(31)18-26)41(37,38)27-12-4-3-5-13-27/h3-19H,2,20-21H2,1H3,(H,34,36)/b33-19-. The van der Waals surface area contributed by atoms with Crippen molar-refractivity contribution in [1.29, 1.82) is 0 Å². The van der Waals surface area contributed by atoms with E-state index in [0.717, 1.165) is 9.87 Å². The highest BCUT2D eigenvalue weighted by molar-refractivity contribution is 9.10. The Morgan fingerprint density at radius 1 is 0.951 bits per heavy atom. The molecule has 0 bridgehead atoms. The lowest BCUT2D eigenvalue weighted by Crippen LogP contribution is -2.39. The molecule has 0 atom stereocenters. The maximum atomic E-state index is 13.4. The molecule has 0 unspecified atom stereocenters. The Bertz CT molecular complexity index is 1630. The van der Waals surface area contributed by atoms with Gasteiger partial charge in [-0.3, -0.25) is 9.10 Å². The second-order valence-corrected chi connectivity index (χ2v) is 11.9. The number of hydrogen-bond donors (Lipinski definition) is 1. The topological polar surface area (TPSA) is 97.3 Å². The van der Waals surface area contributed by atoms with Crippen molar-refractivity contribution in [2.24, 2.45) is 5.10 Å². The van der Waals surface area contributed by atoms with Crippen LogP contribution in [-0.4, -0.2) is 33.7 Å². The van der Waals surface area contributed by atoms with Crippen molar-refractivity contribution in [3.63, 3.8) is 0 Å². The molecule has 4 aromatic carbocycles. The lowest BCUT2D eigenvalue weighted by Gasteiger charge is -2.23. The molecular weight excluding hydrogens is 630 g/mol. The molecule has 0 radical (unpaired) electrons. The number of sulfonamides is 1. The predicted octanol–water partition coefficient (Wildman–Crippen LogP) is 6.43. The van der Waals surface area contributed by atoms with Gasteiger partial charge in [0, 0.05) is 9.50 Å². The largest absolute Gasteiger partial charge is 0.490 e. The summed E-state index contributed by atoms with van der Waals surface area (Å²) in [5.41, 5.74) is 4.31. The molecule has 0 spiro atoms. The summed E-state index contributed by atoms with van der Waals surface area (Å²) in [6, 6.07) is 27.3. The highest BCUT2D eigenvalue weighted by Crippen LogP contribution is 2.29. The molecule has 0 aliphatic rings. The van der Waals surface area contributed by atoms with Gasteiger partial charge in [-0.2, -0.15) is 5.10 Å². The third-order valence-corrected chi connectivity index (χ3v) is 8.18. The van der Waals surface area contributed by atoms with Gasteiger partial charge in [0.15, 0.2) is 11.5 Å². The number of anilines is 1. The molecule has 8 nitrogen and oxygen atoms in total. The molecule has 11 heteroatoms. The first-order valence-corrected chi connectivity index (χ1v) is 15.2. The van der Waals surface area contributed by atoms with Crippen molar-refractivity contribution >= 4 is 55.4 Å². The number of ether oxygens (including phenoxy) is 2. The third-order valence-electron chi connectivity index (χ3n) is 5.67. The Morgan fingerprint density at radius 2 is 1.73 bits per heavy atom. The number of halogens is 2. The summed E-state index contributed by atoms with van der Waals surface area (Å²) in [6.07, 6.45) is 1.44. The summed E-state index contributed by atoms with van der Waals surface area (Å²) in [6.45, 7) is 2.12. The van der Waals surface area contributed by atoms with E-state index < -0.39 is 22.5 Å². The molecule has 0 saturated heterocycles. The van der Waals surface area contributed by atoms with Gasteiger partial charge in [0.25, 0.3) is 15.9 Å². The average Bonchev–Trinajstić information content (AvgIpc) is 2.96. The molecule has 0 aliphatic heterocycles. The van der Waals surface area contributed by atoms with Crippen LogP contribution >= 0.6 is 27.5 Å². The van der Waals surface area contributed by atoms with Crippen molar-refractivity contribution in [1.82, 2.24) is 5.43 Å². The molecule has 0 aliphatic carbocycles. The third kappa shape index (κ3) is 8.32. The van der Waals surface area contributed by atoms with Crippen molar-refractivity contribution in [2.75, 3.05) is 17.5 Å². The first-order chi connectivity index (χ1) is 19.8. The van der Waals surface area contributed by atoms with Gasteiger partial charge in [0.05, 0.1) is 23.4 Å². The van der Waals surface area contributed by atoms with E-state index in [4.69, 9.17) is 21.1 Å². The number of carbonyl (C=O) groups excluding carboxylic acids is 1. The van der Waals surface area contributed by atoms with Gasteiger partial charge in [-0.1, -0.05) is 63.9 Å². The number of hydrogen-bond acceptors (Lipinski definition) is 6. The van der Waals surface area contributed by atoms with Crippen molar-refractivity contribution < 1.29 is 22.7 Å². The van der Waals surface area contributed by atoms with Crippen molar-refractivity contribution in [3.05, 3.63) is 118 Å². The minimum absolute atomic E-state index is 0.0670. The van der Waals surface area contributed by atoms with E-state index in [1.54, 1.807) is 66.7 Å². The number of carbonyl (C=O) groups is 1. The molecule has 1 N–H and O–H groups in total. The lowest BCUT2D eigenvalue weighted by atomic mass is 10.2. The Balaban J connectivity index is 1.46. The summed E-state index contributed by atoms with van der Waals surface area (Å²) in [4.78, 5) is 12.9. The van der Waals surface area contributed by atoms with E-state index in [-0.39, 0.29) is 4.90 Å². The van der Waals surface area contributed by atoms with E-state index in [2.05, 4.69) is 26.5 Å². The molecule has 1 amide bonds. The van der Waals surface area contributed by atoms with Crippen LogP contribution in [0.2, 0.25) is 5.02 Å². The van der Waals surface area contributed by atoms with E-state index in [0.29, 0.717) is 45.5 Å². The van der Waals surface area contributed by atoms with Crippen LogP contribution in [0.5, 0.6) is 11.5 Å². The second kappa shape index (κ2) is 14.2. The normalized spacial score (nSPS) is 11.3. The maximum Gasteiger partial charge on any atom is 0.264 e. The Hall–Kier alpha value is -3.86. The van der Waals surface area contributed by atoms with E-state index >= 15 is 0 Å². The van der Waals surface area contributed by atoms with Gasteiger partial charge >= 0.3 is 0 Å². The summed E-state index contributed by atoms with van der Waals surface area (Å²) < 4.78 is 40.2. The molecule has 0 aromatic heterocycles. The fourth-order valence-corrected chi connectivity index (χ4v) is 5.82. The summed E-state index contributed by atoms with van der Waals surface area (Å²) in [5.74, 6) is 0.440. The van der Waals surface area contributed by atoms with Gasteiger partial charge in [0.1, 0.15) is 13.2 Å². The minimum atomic E-state index is -4.03. The highest BCUT2D eigenvalue weighted by atomic mass is 79.9. The second-order valence-electron chi connectivity index (χ2n) is 8.66. The Labute approximate surface area is 252 Å². The zero-order valence-corrected chi connectivity index (χ0v) is 25.2. The quantitative estimate of drug-likeness (QED) is 0.140. The maximum absolute atomic E-state index is 13.4. The molecular formula is C30H27BrClN3O5S. The van der Waals surface area contributed by atoms with Crippen LogP contribution < -0.4 is 19.2 Å². The predicted molar refractivity (Wildman–Crippen MR) is 164 cm³/mol. The molecule has 0 fully saturated rings. The molecule has 0 heterocycles. The SMILES string of the molecule is CCOc1cc(/C=N\NC(=O)CN(c2cccc(Br)c2)S(=O)(=O)c2ccccc2)ccc1OCc1cccc(Cl)c1. The van der Waals surface area contributed by atoms with Gasteiger partial charge < -0.3 is 9.47 Å². The summed E-state index contributed by atoms with van der Waals surface area (Å²) in [7, 11) is -4.03. The highest BCUT2D eigenvalue weighted by Gasteiger charge is 2.27. The molecule has 212 valence electrons. The van der Waals surface area contributed by atoms with E-state index in [1.165, 1.54) is 18.3 Å². The fraction of sp³-hybridized carbons (Fsp3) is 0.133. The lowest BCUT2D eigenvalue weighted by molar-refractivity contribution is -0.119. The minimum Gasteiger partial charge on any atom is -0.490 e. The number of amides is 1. The first kappa shape index (κ1) is 30.1. The van der Waals surface area contributed by atoms with Crippen LogP contribution in [0.1, 0.15) is 18.1 Å². The number of nitrogens with zero attached hydrogens (tertiary/aromatic N) is 2. The average molecular weight is 657 g/mol. The number of rotatable bonds is 12. The molecule has 4 aromatic rings. The van der Waals surface area contributed by atoms with Crippen LogP contribution in [-0.2, 0) is 21.4 Å². The Kier molecular flexibility index (Phi) is 10.4. The van der Waals surface area contributed by atoms with Gasteiger partial charge in [-0.15, -0.1) is 0 Å². The Morgan fingerprint density at radius 3 is 2.46 bits per heavy atom. The van der Waals surface area contributed by atoms with E-state index in [1.807, 2.05) is 25.1 Å². The van der Waals surface area contributed by atoms with Crippen LogP contribution in [0, 0.1) is 0 Å². The molecule has 41 heavy (non-hydrogen) atoms. The number of hydrazone groups is 1. The van der Waals surface area contributed by atoms with Gasteiger partial charge in [-0.25, -0.2) is 13.8 Å². The van der Waals surface area contributed by atoms with Gasteiger partial charge in [-0.05, 0) is 78.7 Å². The van der Waals surface area contributed by atoms with Crippen molar-refractivity contribution in [3.8, 4) is 11.5 Å².